The number of nitro benzene ring substituents is 1. The van der Waals surface area contributed by atoms with Crippen molar-refractivity contribution in [2.45, 2.75) is 0 Å². The molecular weight excluding hydrogens is 338 g/mol. The summed E-state index contributed by atoms with van der Waals surface area (Å²) in [6.07, 6.45) is 0. The summed E-state index contributed by atoms with van der Waals surface area (Å²) in [6, 6.07) is 8.77. The number of para-hydroxylation sites is 1. The first-order chi connectivity index (χ1) is 8.99. The summed E-state index contributed by atoms with van der Waals surface area (Å²) < 4.78 is 14.1. The van der Waals surface area contributed by atoms with Gasteiger partial charge in [-0.15, -0.1) is 0 Å². The van der Waals surface area contributed by atoms with Crippen LogP contribution in [-0.4, -0.2) is 4.92 Å². The molecule has 2 rings (SSSR count). The first-order valence-corrected chi connectivity index (χ1v) is 6.31. The van der Waals surface area contributed by atoms with Crippen molar-refractivity contribution in [1.82, 2.24) is 0 Å². The molecule has 0 heterocycles. The zero-order valence-corrected chi connectivity index (χ0v) is 11.7. The van der Waals surface area contributed by atoms with Gasteiger partial charge in [0.15, 0.2) is 0 Å². The summed E-state index contributed by atoms with van der Waals surface area (Å²) in [5.41, 5.74) is 0.0375. The highest BCUT2D eigenvalue weighted by Gasteiger charge is 2.20. The van der Waals surface area contributed by atoms with Crippen molar-refractivity contribution in [3.8, 4) is 0 Å². The molecule has 0 amide bonds. The Bertz CT molecular complexity index is 652. The van der Waals surface area contributed by atoms with E-state index < -0.39 is 16.4 Å². The van der Waals surface area contributed by atoms with Crippen LogP contribution in [-0.2, 0) is 0 Å². The van der Waals surface area contributed by atoms with E-state index in [-0.39, 0.29) is 5.69 Å². The third kappa shape index (κ3) is 3.02. The molecule has 0 aliphatic rings. The summed E-state index contributed by atoms with van der Waals surface area (Å²) in [7, 11) is 0. The van der Waals surface area contributed by atoms with Crippen molar-refractivity contribution >= 4 is 44.6 Å². The van der Waals surface area contributed by atoms with Gasteiger partial charge in [0.05, 0.1) is 10.6 Å². The number of benzene rings is 2. The highest BCUT2D eigenvalue weighted by atomic mass is 79.9. The Kier molecular flexibility index (Phi) is 4.01. The zero-order valence-electron chi connectivity index (χ0n) is 9.36. The van der Waals surface area contributed by atoms with Crippen LogP contribution in [0.5, 0.6) is 0 Å². The van der Waals surface area contributed by atoms with E-state index in [9.17, 15) is 14.5 Å². The number of nitrogens with zero attached hydrogens (tertiary/aromatic N) is 1. The average Bonchev–Trinajstić information content (AvgIpc) is 2.32. The molecule has 98 valence electrons. The van der Waals surface area contributed by atoms with E-state index in [4.69, 9.17) is 11.6 Å². The van der Waals surface area contributed by atoms with Crippen molar-refractivity contribution in [2.24, 2.45) is 0 Å². The summed E-state index contributed by atoms with van der Waals surface area (Å²) in [4.78, 5) is 10.1. The van der Waals surface area contributed by atoms with Crippen LogP contribution in [0.1, 0.15) is 0 Å². The van der Waals surface area contributed by atoms with Crippen molar-refractivity contribution in [2.75, 3.05) is 5.32 Å². The average molecular weight is 346 g/mol. The number of rotatable bonds is 3. The van der Waals surface area contributed by atoms with Gasteiger partial charge < -0.3 is 5.32 Å². The standard InChI is InChI=1S/C12H7BrClFN2O2/c13-8-6-7(14)4-5-10(8)16-11-3-1-2-9(15)12(11)17(18)19/h1-6,16H. The van der Waals surface area contributed by atoms with E-state index >= 15 is 0 Å². The minimum Gasteiger partial charge on any atom is -0.349 e. The van der Waals surface area contributed by atoms with E-state index in [1.165, 1.54) is 12.1 Å². The fourth-order valence-electron chi connectivity index (χ4n) is 1.54. The van der Waals surface area contributed by atoms with Crippen LogP contribution >= 0.6 is 27.5 Å². The Balaban J connectivity index is 2.44. The molecule has 4 nitrogen and oxygen atoms in total. The van der Waals surface area contributed by atoms with Gasteiger partial charge in [-0.05, 0) is 46.3 Å². The lowest BCUT2D eigenvalue weighted by Gasteiger charge is -2.09. The lowest BCUT2D eigenvalue weighted by atomic mass is 10.2. The molecule has 0 fully saturated rings. The van der Waals surface area contributed by atoms with Gasteiger partial charge in [-0.25, -0.2) is 0 Å². The molecule has 2 aromatic carbocycles. The maximum atomic E-state index is 13.5. The summed E-state index contributed by atoms with van der Waals surface area (Å²) >= 11 is 9.08. The van der Waals surface area contributed by atoms with Crippen LogP contribution in [0.2, 0.25) is 5.02 Å². The highest BCUT2D eigenvalue weighted by molar-refractivity contribution is 9.10. The molecule has 0 bridgehead atoms. The van der Waals surface area contributed by atoms with E-state index in [0.717, 1.165) is 6.07 Å². The van der Waals surface area contributed by atoms with E-state index in [1.54, 1.807) is 18.2 Å². The number of nitro groups is 1. The molecular formula is C12H7BrClFN2O2. The van der Waals surface area contributed by atoms with Crippen LogP contribution in [0, 0.1) is 15.9 Å². The Labute approximate surface area is 121 Å². The molecule has 19 heavy (non-hydrogen) atoms. The molecule has 0 aliphatic carbocycles. The molecule has 0 saturated heterocycles. The topological polar surface area (TPSA) is 55.2 Å². The molecule has 0 radical (unpaired) electrons. The quantitative estimate of drug-likeness (QED) is 0.636. The second-order valence-electron chi connectivity index (χ2n) is 3.64. The Morgan fingerprint density at radius 3 is 2.63 bits per heavy atom. The molecule has 0 saturated carbocycles. The van der Waals surface area contributed by atoms with Gasteiger partial charge in [0.1, 0.15) is 5.69 Å². The molecule has 2 aromatic rings. The second kappa shape index (κ2) is 5.54. The monoisotopic (exact) mass is 344 g/mol. The highest BCUT2D eigenvalue weighted by Crippen LogP contribution is 2.33. The zero-order chi connectivity index (χ0) is 14.0. The SMILES string of the molecule is O=[N+]([O-])c1c(F)cccc1Nc1ccc(Cl)cc1Br. The van der Waals surface area contributed by atoms with Gasteiger partial charge in [0.25, 0.3) is 0 Å². The smallest absolute Gasteiger partial charge is 0.327 e. The van der Waals surface area contributed by atoms with Crippen molar-refractivity contribution in [3.63, 3.8) is 0 Å². The van der Waals surface area contributed by atoms with Crippen molar-refractivity contribution in [3.05, 3.63) is 61.8 Å². The Morgan fingerprint density at radius 2 is 2.00 bits per heavy atom. The molecule has 1 N–H and O–H groups in total. The van der Waals surface area contributed by atoms with E-state index in [2.05, 4.69) is 21.2 Å². The third-order valence-electron chi connectivity index (χ3n) is 2.37. The third-order valence-corrected chi connectivity index (χ3v) is 3.26. The summed E-state index contributed by atoms with van der Waals surface area (Å²) in [6.45, 7) is 0. The first-order valence-electron chi connectivity index (χ1n) is 5.14. The normalized spacial score (nSPS) is 10.3. The summed E-state index contributed by atoms with van der Waals surface area (Å²) in [5.74, 6) is -0.889. The van der Waals surface area contributed by atoms with Gasteiger partial charge in [0.2, 0.25) is 5.82 Å². The number of halogens is 3. The van der Waals surface area contributed by atoms with Gasteiger partial charge in [-0.3, -0.25) is 10.1 Å². The molecule has 7 heteroatoms. The maximum absolute atomic E-state index is 13.5. The molecule has 0 atom stereocenters. The number of hydrogen-bond acceptors (Lipinski definition) is 3. The van der Waals surface area contributed by atoms with Crippen LogP contribution in [0.3, 0.4) is 0 Å². The molecule has 0 unspecified atom stereocenters. The van der Waals surface area contributed by atoms with Crippen LogP contribution in [0.25, 0.3) is 0 Å². The predicted octanol–water partition coefficient (Wildman–Crippen LogP) is 4.89. The van der Waals surface area contributed by atoms with Crippen molar-refractivity contribution < 1.29 is 9.31 Å². The Hall–Kier alpha value is -1.66. The van der Waals surface area contributed by atoms with Gasteiger partial charge in [0, 0.05) is 9.50 Å². The van der Waals surface area contributed by atoms with E-state index in [1.807, 2.05) is 0 Å². The minimum atomic E-state index is -0.889. The predicted molar refractivity (Wildman–Crippen MR) is 75.5 cm³/mol. The van der Waals surface area contributed by atoms with Gasteiger partial charge >= 0.3 is 5.69 Å². The molecule has 0 aromatic heterocycles. The largest absolute Gasteiger partial charge is 0.349 e. The lowest BCUT2D eigenvalue weighted by Crippen LogP contribution is -2.00. The van der Waals surface area contributed by atoms with Crippen LogP contribution in [0.4, 0.5) is 21.5 Å². The Morgan fingerprint density at radius 1 is 1.26 bits per heavy atom. The fraction of sp³-hybridized carbons (Fsp3) is 0. The molecule has 0 spiro atoms. The van der Waals surface area contributed by atoms with Gasteiger partial charge in [-0.1, -0.05) is 17.7 Å². The van der Waals surface area contributed by atoms with Crippen molar-refractivity contribution in [1.29, 1.82) is 0 Å². The second-order valence-corrected chi connectivity index (χ2v) is 4.93. The lowest BCUT2D eigenvalue weighted by molar-refractivity contribution is -0.386. The van der Waals surface area contributed by atoms with Crippen LogP contribution < -0.4 is 5.32 Å². The molecule has 0 aliphatic heterocycles. The van der Waals surface area contributed by atoms with E-state index in [0.29, 0.717) is 15.2 Å². The van der Waals surface area contributed by atoms with Crippen LogP contribution in [0.15, 0.2) is 40.9 Å². The maximum Gasteiger partial charge on any atom is 0.327 e. The number of hydrogen-bond donors (Lipinski definition) is 1. The number of anilines is 2. The minimum absolute atomic E-state index is 0.0769. The first kappa shape index (κ1) is 13.8. The number of nitrogens with one attached hydrogen (secondary N) is 1. The van der Waals surface area contributed by atoms with Gasteiger partial charge in [-0.2, -0.15) is 4.39 Å². The fourth-order valence-corrected chi connectivity index (χ4v) is 2.32. The summed E-state index contributed by atoms with van der Waals surface area (Å²) in [5, 5.41) is 14.2.